The topological polar surface area (TPSA) is 76.7 Å². The largest absolute Gasteiger partial charge is 0.495 e. The van der Waals surface area contributed by atoms with E-state index in [1.54, 1.807) is 25.3 Å². The molecule has 0 heterocycles. The molecule has 2 N–H and O–H groups in total. The second-order valence-corrected chi connectivity index (χ2v) is 6.35. The van der Waals surface area contributed by atoms with Crippen molar-refractivity contribution in [1.82, 2.24) is 10.0 Å². The number of ether oxygens (including phenoxy) is 2. The summed E-state index contributed by atoms with van der Waals surface area (Å²) in [5.74, 6) is 0.354. The van der Waals surface area contributed by atoms with E-state index in [1.165, 1.54) is 7.11 Å². The zero-order valence-corrected chi connectivity index (χ0v) is 13.6. The lowest BCUT2D eigenvalue weighted by atomic mass is 10.2. The Hall–Kier alpha value is -1.15. The second kappa shape index (κ2) is 8.99. The Bertz CT molecular complexity index is 532. The Morgan fingerprint density at radius 2 is 1.95 bits per heavy atom. The van der Waals surface area contributed by atoms with Gasteiger partial charge in [-0.15, -0.1) is 0 Å². The normalized spacial score (nSPS) is 11.6. The summed E-state index contributed by atoms with van der Waals surface area (Å²) in [4.78, 5) is 0.164. The maximum atomic E-state index is 12.3. The van der Waals surface area contributed by atoms with Gasteiger partial charge in [-0.05, 0) is 37.6 Å². The van der Waals surface area contributed by atoms with Crippen LogP contribution in [0.5, 0.6) is 5.75 Å². The van der Waals surface area contributed by atoms with E-state index < -0.39 is 10.0 Å². The summed E-state index contributed by atoms with van der Waals surface area (Å²) in [7, 11) is 1.37. The van der Waals surface area contributed by atoms with E-state index in [9.17, 15) is 8.42 Å². The SMILES string of the molecule is CNCc1ccc(S(=O)(=O)NCCCCOC)c(OC)c1. The highest BCUT2D eigenvalue weighted by Gasteiger charge is 2.19. The molecule has 6 nitrogen and oxygen atoms in total. The molecule has 0 aliphatic heterocycles. The van der Waals surface area contributed by atoms with Crippen molar-refractivity contribution >= 4 is 10.0 Å². The van der Waals surface area contributed by atoms with Crippen LogP contribution in [0.25, 0.3) is 0 Å². The molecule has 7 heteroatoms. The molecule has 0 atom stereocenters. The van der Waals surface area contributed by atoms with Crippen LogP contribution < -0.4 is 14.8 Å². The molecule has 0 radical (unpaired) electrons. The molecule has 120 valence electrons. The minimum absolute atomic E-state index is 0.164. The lowest BCUT2D eigenvalue weighted by Gasteiger charge is -2.12. The first kappa shape index (κ1) is 17.9. The lowest BCUT2D eigenvalue weighted by Crippen LogP contribution is -2.25. The minimum Gasteiger partial charge on any atom is -0.495 e. The molecule has 0 saturated carbocycles. The molecule has 21 heavy (non-hydrogen) atoms. The Kier molecular flexibility index (Phi) is 7.66. The number of nitrogens with one attached hydrogen (secondary N) is 2. The van der Waals surface area contributed by atoms with E-state index in [0.717, 1.165) is 18.4 Å². The average molecular weight is 316 g/mol. The van der Waals surface area contributed by atoms with Gasteiger partial charge in [0, 0.05) is 26.8 Å². The van der Waals surface area contributed by atoms with Crippen molar-refractivity contribution in [3.8, 4) is 5.75 Å². The predicted molar refractivity (Wildman–Crippen MR) is 82.1 cm³/mol. The third-order valence-electron chi connectivity index (χ3n) is 2.97. The van der Waals surface area contributed by atoms with E-state index in [4.69, 9.17) is 9.47 Å². The first-order valence-corrected chi connectivity index (χ1v) is 8.33. The van der Waals surface area contributed by atoms with Gasteiger partial charge >= 0.3 is 0 Å². The van der Waals surface area contributed by atoms with Crippen molar-refractivity contribution < 1.29 is 17.9 Å². The lowest BCUT2D eigenvalue weighted by molar-refractivity contribution is 0.193. The molecule has 0 fully saturated rings. The second-order valence-electron chi connectivity index (χ2n) is 4.61. The van der Waals surface area contributed by atoms with E-state index in [-0.39, 0.29) is 4.90 Å². The van der Waals surface area contributed by atoms with E-state index in [1.807, 2.05) is 7.05 Å². The molecule has 0 saturated heterocycles. The highest BCUT2D eigenvalue weighted by atomic mass is 32.2. The van der Waals surface area contributed by atoms with Gasteiger partial charge in [-0.2, -0.15) is 0 Å². The maximum absolute atomic E-state index is 12.3. The molecular formula is C14H24N2O4S. The van der Waals surface area contributed by atoms with Crippen LogP contribution in [-0.2, 0) is 21.3 Å². The molecule has 0 bridgehead atoms. The van der Waals surface area contributed by atoms with Crippen LogP contribution in [0.2, 0.25) is 0 Å². The maximum Gasteiger partial charge on any atom is 0.244 e. The standard InChI is InChI=1S/C14H24N2O4S/c1-15-11-12-6-7-14(13(10-12)20-3)21(17,18)16-8-4-5-9-19-2/h6-7,10,15-16H,4-5,8-9,11H2,1-3H3. The van der Waals surface area contributed by atoms with Crippen molar-refractivity contribution in [2.45, 2.75) is 24.3 Å². The minimum atomic E-state index is -3.56. The number of hydrogen-bond acceptors (Lipinski definition) is 5. The van der Waals surface area contributed by atoms with Crippen LogP contribution in [0.15, 0.2) is 23.1 Å². The number of benzene rings is 1. The van der Waals surface area contributed by atoms with Crippen molar-refractivity contribution in [3.05, 3.63) is 23.8 Å². The summed E-state index contributed by atoms with van der Waals surface area (Å²) in [6.45, 7) is 1.66. The van der Waals surface area contributed by atoms with Gasteiger partial charge in [-0.25, -0.2) is 13.1 Å². The summed E-state index contributed by atoms with van der Waals surface area (Å²) in [5.41, 5.74) is 0.966. The van der Waals surface area contributed by atoms with Gasteiger partial charge in [0.05, 0.1) is 7.11 Å². The number of hydrogen-bond donors (Lipinski definition) is 2. The smallest absolute Gasteiger partial charge is 0.244 e. The number of rotatable bonds is 10. The van der Waals surface area contributed by atoms with Gasteiger partial charge in [-0.3, -0.25) is 0 Å². The monoisotopic (exact) mass is 316 g/mol. The van der Waals surface area contributed by atoms with Gasteiger partial charge in [0.15, 0.2) is 0 Å². The molecular weight excluding hydrogens is 292 g/mol. The third-order valence-corrected chi connectivity index (χ3v) is 4.47. The van der Waals surface area contributed by atoms with Crippen LogP contribution in [-0.4, -0.2) is 42.8 Å². The van der Waals surface area contributed by atoms with Crippen LogP contribution in [0.3, 0.4) is 0 Å². The van der Waals surface area contributed by atoms with Crippen molar-refractivity contribution in [2.24, 2.45) is 0 Å². The number of unbranched alkanes of at least 4 members (excludes halogenated alkanes) is 1. The third kappa shape index (κ3) is 5.62. The molecule has 0 unspecified atom stereocenters. The molecule has 0 amide bonds. The van der Waals surface area contributed by atoms with E-state index in [2.05, 4.69) is 10.0 Å². The number of sulfonamides is 1. The Balaban J connectivity index is 2.77. The van der Waals surface area contributed by atoms with E-state index >= 15 is 0 Å². The molecule has 0 aliphatic carbocycles. The summed E-state index contributed by atoms with van der Waals surface area (Å²) < 4.78 is 37.3. The van der Waals surface area contributed by atoms with Crippen molar-refractivity contribution in [3.63, 3.8) is 0 Å². The summed E-state index contributed by atoms with van der Waals surface area (Å²) in [6, 6.07) is 5.08. The fraction of sp³-hybridized carbons (Fsp3) is 0.571. The van der Waals surface area contributed by atoms with Crippen molar-refractivity contribution in [1.29, 1.82) is 0 Å². The zero-order chi connectivity index (χ0) is 15.7. The van der Waals surface area contributed by atoms with Gasteiger partial charge in [0.2, 0.25) is 10.0 Å². The fourth-order valence-corrected chi connectivity index (χ4v) is 3.13. The highest BCUT2D eigenvalue weighted by Crippen LogP contribution is 2.24. The quantitative estimate of drug-likeness (QED) is 0.633. The van der Waals surface area contributed by atoms with Gasteiger partial charge < -0.3 is 14.8 Å². The van der Waals surface area contributed by atoms with Gasteiger partial charge in [-0.1, -0.05) is 6.07 Å². The first-order chi connectivity index (χ1) is 10.0. The van der Waals surface area contributed by atoms with Crippen LogP contribution >= 0.6 is 0 Å². The molecule has 0 aliphatic rings. The molecule has 0 aromatic heterocycles. The van der Waals surface area contributed by atoms with E-state index in [0.29, 0.717) is 25.4 Å². The van der Waals surface area contributed by atoms with Crippen LogP contribution in [0, 0.1) is 0 Å². The summed E-state index contributed by atoms with van der Waals surface area (Å²) in [5, 5.41) is 3.01. The van der Waals surface area contributed by atoms with Crippen LogP contribution in [0.4, 0.5) is 0 Å². The summed E-state index contributed by atoms with van der Waals surface area (Å²) in [6.07, 6.45) is 1.55. The van der Waals surface area contributed by atoms with Crippen molar-refractivity contribution in [2.75, 3.05) is 34.4 Å². The zero-order valence-electron chi connectivity index (χ0n) is 12.8. The highest BCUT2D eigenvalue weighted by molar-refractivity contribution is 7.89. The Labute approximate surface area is 126 Å². The number of methoxy groups -OCH3 is 2. The molecule has 1 rings (SSSR count). The van der Waals surface area contributed by atoms with Crippen LogP contribution in [0.1, 0.15) is 18.4 Å². The average Bonchev–Trinajstić information content (AvgIpc) is 2.47. The first-order valence-electron chi connectivity index (χ1n) is 6.85. The Morgan fingerprint density at radius 3 is 2.57 bits per heavy atom. The Morgan fingerprint density at radius 1 is 1.19 bits per heavy atom. The van der Waals surface area contributed by atoms with Gasteiger partial charge in [0.25, 0.3) is 0 Å². The summed E-state index contributed by atoms with van der Waals surface area (Å²) >= 11 is 0. The molecule has 1 aromatic carbocycles. The van der Waals surface area contributed by atoms with Gasteiger partial charge in [0.1, 0.15) is 10.6 Å². The fourth-order valence-electron chi connectivity index (χ4n) is 1.90. The predicted octanol–water partition coefficient (Wildman–Crippen LogP) is 1.12. The molecule has 0 spiro atoms. The molecule has 1 aromatic rings.